The van der Waals surface area contributed by atoms with Crippen LogP contribution in [0.3, 0.4) is 0 Å². The number of anilines is 2. The molecule has 0 bridgehead atoms. The van der Waals surface area contributed by atoms with Crippen LogP contribution in [0.25, 0.3) is 11.4 Å². The van der Waals surface area contributed by atoms with E-state index in [2.05, 4.69) is 15.4 Å². The molecule has 2 aliphatic rings. The van der Waals surface area contributed by atoms with Gasteiger partial charge in [0.1, 0.15) is 18.0 Å². The zero-order chi connectivity index (χ0) is 34.2. The second-order valence-corrected chi connectivity index (χ2v) is 11.6. The van der Waals surface area contributed by atoms with Gasteiger partial charge in [-0.1, -0.05) is 25.1 Å². The third kappa shape index (κ3) is 6.37. The number of nitrogens with zero attached hydrogens (tertiary/aromatic N) is 6. The summed E-state index contributed by atoms with van der Waals surface area (Å²) < 4.78 is 47.9. The van der Waals surface area contributed by atoms with Gasteiger partial charge in [0, 0.05) is 31.9 Å². The van der Waals surface area contributed by atoms with Crippen LogP contribution in [-0.4, -0.2) is 80.4 Å². The molecule has 2 aromatic carbocycles. The Hall–Kier alpha value is -5.18. The molecule has 2 amide bonds. The molecule has 15 heteroatoms. The summed E-state index contributed by atoms with van der Waals surface area (Å²) in [7, 11) is 0. The number of carbonyl (C=O) groups excluding carboxylic acids is 2. The Labute approximate surface area is 273 Å². The second-order valence-electron chi connectivity index (χ2n) is 11.6. The molecule has 0 unspecified atom stereocenters. The Morgan fingerprint density at radius 2 is 1.83 bits per heavy atom. The predicted octanol–water partition coefficient (Wildman–Crippen LogP) is 3.89. The molecule has 2 aromatic heterocycles. The van der Waals surface area contributed by atoms with Crippen LogP contribution in [0.15, 0.2) is 53.3 Å². The van der Waals surface area contributed by atoms with Crippen molar-refractivity contribution in [2.75, 3.05) is 49.6 Å². The van der Waals surface area contributed by atoms with Crippen molar-refractivity contribution in [3.63, 3.8) is 0 Å². The SMILES string of the molecule is CCc1c(N2CCN(C(=O)c3ccccc3O)CC2)c(=O)n2nc(C3=CCOCC3)nc2n1CC(=O)Nc1ccc(C(F)(F)F)cc1C. The van der Waals surface area contributed by atoms with Gasteiger partial charge in [0.05, 0.1) is 30.0 Å². The number of nitrogens with one attached hydrogen (secondary N) is 1. The van der Waals surface area contributed by atoms with E-state index in [1.165, 1.54) is 23.6 Å². The zero-order valence-electron chi connectivity index (χ0n) is 26.4. The number of benzene rings is 2. The number of carbonyl (C=O) groups is 2. The largest absolute Gasteiger partial charge is 0.507 e. The average Bonchev–Trinajstić information content (AvgIpc) is 3.53. The van der Waals surface area contributed by atoms with Gasteiger partial charge >= 0.3 is 6.18 Å². The van der Waals surface area contributed by atoms with Crippen molar-refractivity contribution in [3.05, 3.63) is 87.1 Å². The number of para-hydroxylation sites is 1. The second kappa shape index (κ2) is 13.1. The summed E-state index contributed by atoms with van der Waals surface area (Å²) in [5.74, 6) is -0.483. The first-order valence-corrected chi connectivity index (χ1v) is 15.6. The van der Waals surface area contributed by atoms with Crippen molar-refractivity contribution in [2.24, 2.45) is 0 Å². The zero-order valence-corrected chi connectivity index (χ0v) is 26.4. The van der Waals surface area contributed by atoms with Gasteiger partial charge in [-0.25, -0.2) is 0 Å². The number of ether oxygens (including phenoxy) is 1. The minimum atomic E-state index is -4.52. The number of fused-ring (bicyclic) bond motifs is 1. The maximum atomic E-state index is 14.1. The third-order valence-electron chi connectivity index (χ3n) is 8.56. The lowest BCUT2D eigenvalue weighted by molar-refractivity contribution is -0.137. The molecule has 0 radical (unpaired) electrons. The number of rotatable bonds is 7. The first kappa shape index (κ1) is 32.7. The highest BCUT2D eigenvalue weighted by Crippen LogP contribution is 2.32. The molecule has 0 saturated carbocycles. The molecule has 0 aliphatic carbocycles. The number of piperazine rings is 1. The number of aromatic nitrogens is 4. The summed E-state index contributed by atoms with van der Waals surface area (Å²) >= 11 is 0. The van der Waals surface area contributed by atoms with Crippen LogP contribution in [0.4, 0.5) is 24.5 Å². The van der Waals surface area contributed by atoms with Gasteiger partial charge in [-0.05, 0) is 61.2 Å². The molecule has 48 heavy (non-hydrogen) atoms. The lowest BCUT2D eigenvalue weighted by Crippen LogP contribution is -2.51. The van der Waals surface area contributed by atoms with Crippen molar-refractivity contribution in [3.8, 4) is 5.75 Å². The van der Waals surface area contributed by atoms with Crippen molar-refractivity contribution in [2.45, 2.75) is 39.4 Å². The molecular formula is C33H34F3N7O5. The molecule has 2 N–H and O–H groups in total. The minimum absolute atomic E-state index is 0.113. The average molecular weight is 666 g/mol. The Morgan fingerprint density at radius 1 is 1.08 bits per heavy atom. The number of hydrogen-bond donors (Lipinski definition) is 2. The van der Waals surface area contributed by atoms with E-state index in [-0.39, 0.29) is 53.9 Å². The summed E-state index contributed by atoms with van der Waals surface area (Å²) in [5.41, 5.74) is 1.05. The monoisotopic (exact) mass is 665 g/mol. The minimum Gasteiger partial charge on any atom is -0.507 e. The Morgan fingerprint density at radius 3 is 2.48 bits per heavy atom. The quantitative estimate of drug-likeness (QED) is 0.304. The summed E-state index contributed by atoms with van der Waals surface area (Å²) in [4.78, 5) is 48.9. The fourth-order valence-corrected chi connectivity index (χ4v) is 6.07. The lowest BCUT2D eigenvalue weighted by Gasteiger charge is -2.37. The summed E-state index contributed by atoms with van der Waals surface area (Å²) in [5, 5.41) is 17.4. The van der Waals surface area contributed by atoms with Crippen LogP contribution in [0, 0.1) is 6.92 Å². The first-order valence-electron chi connectivity index (χ1n) is 15.6. The number of phenolic OH excluding ortho intramolecular Hbond substituents is 1. The van der Waals surface area contributed by atoms with Gasteiger partial charge in [0.15, 0.2) is 5.82 Å². The van der Waals surface area contributed by atoms with Gasteiger partial charge in [0.25, 0.3) is 11.5 Å². The Kier molecular flexibility index (Phi) is 8.97. The van der Waals surface area contributed by atoms with E-state index in [9.17, 15) is 32.7 Å². The lowest BCUT2D eigenvalue weighted by atomic mass is 10.1. The van der Waals surface area contributed by atoms with Crippen molar-refractivity contribution in [1.82, 2.24) is 24.1 Å². The van der Waals surface area contributed by atoms with Crippen LogP contribution in [0.5, 0.6) is 5.75 Å². The molecule has 4 heterocycles. The normalized spacial score (nSPS) is 15.5. The topological polar surface area (TPSA) is 134 Å². The highest BCUT2D eigenvalue weighted by molar-refractivity contribution is 5.97. The summed E-state index contributed by atoms with van der Waals surface area (Å²) in [6.45, 7) is 5.02. The van der Waals surface area contributed by atoms with E-state index in [0.717, 1.165) is 17.7 Å². The molecule has 252 valence electrons. The van der Waals surface area contributed by atoms with E-state index in [4.69, 9.17) is 4.74 Å². The Balaban J connectivity index is 1.35. The maximum absolute atomic E-state index is 14.1. The molecule has 4 aromatic rings. The number of alkyl halides is 3. The molecule has 1 saturated heterocycles. The summed E-state index contributed by atoms with van der Waals surface area (Å²) in [6.07, 6.45) is -1.80. The van der Waals surface area contributed by atoms with Crippen LogP contribution < -0.4 is 15.8 Å². The van der Waals surface area contributed by atoms with E-state index >= 15 is 0 Å². The molecule has 0 atom stereocenters. The number of aryl methyl sites for hydroxylation is 1. The number of amides is 2. The third-order valence-corrected chi connectivity index (χ3v) is 8.56. The first-order chi connectivity index (χ1) is 23.0. The molecule has 1 fully saturated rings. The van der Waals surface area contributed by atoms with E-state index in [1.54, 1.807) is 27.7 Å². The van der Waals surface area contributed by atoms with Crippen LogP contribution in [0.1, 0.15) is 46.3 Å². The van der Waals surface area contributed by atoms with Crippen molar-refractivity contribution >= 4 is 34.5 Å². The van der Waals surface area contributed by atoms with E-state index < -0.39 is 23.2 Å². The van der Waals surface area contributed by atoms with E-state index in [0.29, 0.717) is 56.4 Å². The number of aromatic hydroxyl groups is 1. The Bertz CT molecular complexity index is 1980. The number of halogens is 3. The highest BCUT2D eigenvalue weighted by atomic mass is 19.4. The summed E-state index contributed by atoms with van der Waals surface area (Å²) in [6, 6.07) is 9.41. The molecular weight excluding hydrogens is 631 g/mol. The van der Waals surface area contributed by atoms with Crippen LogP contribution >= 0.6 is 0 Å². The fourth-order valence-electron chi connectivity index (χ4n) is 6.07. The van der Waals surface area contributed by atoms with Crippen molar-refractivity contribution in [1.29, 1.82) is 0 Å². The number of hydrogen-bond acceptors (Lipinski definition) is 8. The molecule has 2 aliphatic heterocycles. The van der Waals surface area contributed by atoms with Gasteiger partial charge in [-0.2, -0.15) is 22.7 Å². The predicted molar refractivity (Wildman–Crippen MR) is 171 cm³/mol. The molecule has 0 spiro atoms. The molecule has 6 rings (SSSR count). The van der Waals surface area contributed by atoms with Gasteiger partial charge < -0.3 is 29.5 Å². The van der Waals surface area contributed by atoms with Gasteiger partial charge in [-0.3, -0.25) is 14.4 Å². The van der Waals surface area contributed by atoms with Gasteiger partial charge in [0.2, 0.25) is 11.7 Å². The smallest absolute Gasteiger partial charge is 0.416 e. The fraction of sp³-hybridized carbons (Fsp3) is 0.364. The maximum Gasteiger partial charge on any atom is 0.416 e. The number of phenols is 1. The molecule has 12 nitrogen and oxygen atoms in total. The van der Waals surface area contributed by atoms with Crippen LogP contribution in [-0.2, 0) is 28.7 Å². The standard InChI is InChI=1S/C33H34F3N7O5/c1-3-25-28(40-12-14-41(15-13-40)30(46)23-6-4-5-7-26(23)44)31(47)43-32(38-29(39-43)21-10-16-48-17-11-21)42(25)19-27(45)37-24-9-8-22(18-20(24)2)33(34,35)36/h4-10,18,44H,3,11-17,19H2,1-2H3,(H,37,45). The highest BCUT2D eigenvalue weighted by Gasteiger charge is 2.32. The van der Waals surface area contributed by atoms with Crippen molar-refractivity contribution < 1.29 is 32.6 Å². The van der Waals surface area contributed by atoms with E-state index in [1.807, 2.05) is 17.9 Å². The van der Waals surface area contributed by atoms with Gasteiger partial charge in [-0.15, -0.1) is 5.10 Å². The van der Waals surface area contributed by atoms with Crippen LogP contribution in [0.2, 0.25) is 0 Å².